The number of carbonyl (C=O) groups is 1. The summed E-state index contributed by atoms with van der Waals surface area (Å²) >= 11 is 0. The third kappa shape index (κ3) is 2.75. The van der Waals surface area contributed by atoms with Crippen LogP contribution in [0.3, 0.4) is 0 Å². The van der Waals surface area contributed by atoms with Gasteiger partial charge in [0.1, 0.15) is 5.54 Å². The molecule has 0 heterocycles. The molecule has 0 bridgehead atoms. The van der Waals surface area contributed by atoms with E-state index in [1.807, 2.05) is 12.1 Å². The average Bonchev–Trinajstić information content (AvgIpc) is 2.43. The Morgan fingerprint density at radius 2 is 2.00 bits per heavy atom. The fourth-order valence-corrected chi connectivity index (χ4v) is 2.96. The molecule has 1 aromatic rings. The highest BCUT2D eigenvalue weighted by molar-refractivity contribution is 5.85. The zero-order chi connectivity index (χ0) is 13.9. The van der Waals surface area contributed by atoms with Gasteiger partial charge in [0.15, 0.2) is 0 Å². The van der Waals surface area contributed by atoms with Crippen molar-refractivity contribution >= 4 is 11.7 Å². The predicted molar refractivity (Wildman–Crippen MR) is 77.2 cm³/mol. The highest BCUT2D eigenvalue weighted by atomic mass is 16.5. The topological polar surface area (TPSA) is 38.3 Å². The van der Waals surface area contributed by atoms with Gasteiger partial charge < -0.3 is 10.1 Å². The fraction of sp³-hybridized carbons (Fsp3) is 0.562. The zero-order valence-corrected chi connectivity index (χ0v) is 12.0. The van der Waals surface area contributed by atoms with Gasteiger partial charge in [-0.15, -0.1) is 0 Å². The first-order chi connectivity index (χ1) is 9.08. The van der Waals surface area contributed by atoms with Crippen molar-refractivity contribution in [3.05, 3.63) is 29.8 Å². The molecule has 1 aliphatic rings. The van der Waals surface area contributed by atoms with E-state index in [9.17, 15) is 4.79 Å². The molecule has 1 saturated carbocycles. The first-order valence-corrected chi connectivity index (χ1v) is 7.02. The molecule has 2 atom stereocenters. The molecule has 0 spiro atoms. The molecule has 0 aromatic heterocycles. The van der Waals surface area contributed by atoms with E-state index in [1.165, 1.54) is 19.1 Å². The molecule has 19 heavy (non-hydrogen) atoms. The second-order valence-electron chi connectivity index (χ2n) is 5.60. The molecule has 1 fully saturated rings. The molecule has 0 radical (unpaired) electrons. The monoisotopic (exact) mass is 261 g/mol. The number of benzene rings is 1. The van der Waals surface area contributed by atoms with E-state index in [0.717, 1.165) is 24.9 Å². The van der Waals surface area contributed by atoms with Crippen LogP contribution in [0, 0.1) is 12.8 Å². The number of methoxy groups -OCH3 is 1. The maximum atomic E-state index is 12.3. The Balaban J connectivity index is 2.27. The summed E-state index contributed by atoms with van der Waals surface area (Å²) < 4.78 is 5.06. The minimum absolute atomic E-state index is 0.139. The SMILES string of the molecule is COC(=O)C1(Nc2ccc(C)cc2)CCCCC1C. The largest absolute Gasteiger partial charge is 0.467 e. The van der Waals surface area contributed by atoms with Crippen LogP contribution < -0.4 is 5.32 Å². The summed E-state index contributed by atoms with van der Waals surface area (Å²) in [6, 6.07) is 8.17. The number of rotatable bonds is 3. The standard InChI is InChI=1S/C16H23NO2/c1-12-7-9-14(10-8-12)17-16(15(18)19-3)11-5-4-6-13(16)2/h7-10,13,17H,4-6,11H2,1-3H3. The van der Waals surface area contributed by atoms with Crippen LogP contribution in [0.25, 0.3) is 0 Å². The van der Waals surface area contributed by atoms with E-state index in [4.69, 9.17) is 4.74 Å². The Morgan fingerprint density at radius 1 is 1.32 bits per heavy atom. The second kappa shape index (κ2) is 5.64. The predicted octanol–water partition coefficient (Wildman–Crippen LogP) is 3.53. The average molecular weight is 261 g/mol. The summed E-state index contributed by atoms with van der Waals surface area (Å²) in [5.41, 5.74) is 1.64. The van der Waals surface area contributed by atoms with Gasteiger partial charge in [-0.3, -0.25) is 0 Å². The van der Waals surface area contributed by atoms with Gasteiger partial charge in [0.25, 0.3) is 0 Å². The van der Waals surface area contributed by atoms with Crippen LogP contribution in [0.4, 0.5) is 5.69 Å². The van der Waals surface area contributed by atoms with Gasteiger partial charge in [-0.05, 0) is 37.8 Å². The molecule has 2 rings (SSSR count). The molecule has 0 aliphatic heterocycles. The van der Waals surface area contributed by atoms with Crippen LogP contribution in [-0.2, 0) is 9.53 Å². The Morgan fingerprint density at radius 3 is 2.58 bits per heavy atom. The smallest absolute Gasteiger partial charge is 0.331 e. The molecule has 0 saturated heterocycles. The number of carbonyl (C=O) groups excluding carboxylic acids is 1. The summed E-state index contributed by atoms with van der Waals surface area (Å²) in [7, 11) is 1.47. The lowest BCUT2D eigenvalue weighted by Crippen LogP contribution is -2.54. The summed E-state index contributed by atoms with van der Waals surface area (Å²) in [6.07, 6.45) is 4.16. The summed E-state index contributed by atoms with van der Waals surface area (Å²) in [4.78, 5) is 12.3. The molecule has 104 valence electrons. The first-order valence-electron chi connectivity index (χ1n) is 7.02. The van der Waals surface area contributed by atoms with Crippen LogP contribution >= 0.6 is 0 Å². The van der Waals surface area contributed by atoms with Crippen molar-refractivity contribution in [2.75, 3.05) is 12.4 Å². The van der Waals surface area contributed by atoms with Crippen molar-refractivity contribution in [2.45, 2.75) is 45.1 Å². The van der Waals surface area contributed by atoms with Gasteiger partial charge in [-0.1, -0.05) is 37.5 Å². The van der Waals surface area contributed by atoms with E-state index in [2.05, 4.69) is 31.3 Å². The summed E-state index contributed by atoms with van der Waals surface area (Å²) in [5, 5.41) is 3.45. The zero-order valence-electron chi connectivity index (χ0n) is 12.0. The van der Waals surface area contributed by atoms with Crippen molar-refractivity contribution in [1.82, 2.24) is 0 Å². The highest BCUT2D eigenvalue weighted by Crippen LogP contribution is 2.37. The molecular formula is C16H23NO2. The van der Waals surface area contributed by atoms with Crippen molar-refractivity contribution < 1.29 is 9.53 Å². The molecular weight excluding hydrogens is 238 g/mol. The van der Waals surface area contributed by atoms with Crippen molar-refractivity contribution in [2.24, 2.45) is 5.92 Å². The number of ether oxygens (including phenoxy) is 1. The summed E-state index contributed by atoms with van der Waals surface area (Å²) in [5.74, 6) is 0.148. The fourth-order valence-electron chi connectivity index (χ4n) is 2.96. The Kier molecular flexibility index (Phi) is 4.13. The van der Waals surface area contributed by atoms with E-state index in [1.54, 1.807) is 0 Å². The van der Waals surface area contributed by atoms with Crippen molar-refractivity contribution in [1.29, 1.82) is 0 Å². The first kappa shape index (κ1) is 13.9. The molecule has 1 aromatic carbocycles. The number of hydrogen-bond acceptors (Lipinski definition) is 3. The van der Waals surface area contributed by atoms with Crippen LogP contribution in [0.2, 0.25) is 0 Å². The van der Waals surface area contributed by atoms with Crippen LogP contribution in [0.5, 0.6) is 0 Å². The lowest BCUT2D eigenvalue weighted by molar-refractivity contribution is -0.149. The van der Waals surface area contributed by atoms with E-state index >= 15 is 0 Å². The van der Waals surface area contributed by atoms with Gasteiger partial charge in [0, 0.05) is 5.69 Å². The Hall–Kier alpha value is -1.51. The molecule has 3 nitrogen and oxygen atoms in total. The number of aryl methyl sites for hydroxylation is 1. The van der Waals surface area contributed by atoms with Crippen molar-refractivity contribution in [3.8, 4) is 0 Å². The number of hydrogen-bond donors (Lipinski definition) is 1. The molecule has 0 amide bonds. The number of nitrogens with one attached hydrogen (secondary N) is 1. The minimum Gasteiger partial charge on any atom is -0.467 e. The quantitative estimate of drug-likeness (QED) is 0.846. The van der Waals surface area contributed by atoms with Crippen LogP contribution in [0.1, 0.15) is 38.2 Å². The maximum Gasteiger partial charge on any atom is 0.331 e. The molecule has 3 heteroatoms. The number of anilines is 1. The maximum absolute atomic E-state index is 12.3. The Labute approximate surface area is 115 Å². The van der Waals surface area contributed by atoms with Crippen LogP contribution in [0.15, 0.2) is 24.3 Å². The Bertz CT molecular complexity index is 441. The molecule has 1 aliphatic carbocycles. The van der Waals surface area contributed by atoms with Crippen LogP contribution in [-0.4, -0.2) is 18.6 Å². The van der Waals surface area contributed by atoms with Crippen molar-refractivity contribution in [3.63, 3.8) is 0 Å². The second-order valence-corrected chi connectivity index (χ2v) is 5.60. The minimum atomic E-state index is -0.567. The van der Waals surface area contributed by atoms with E-state index in [-0.39, 0.29) is 11.9 Å². The van der Waals surface area contributed by atoms with E-state index in [0.29, 0.717) is 0 Å². The van der Waals surface area contributed by atoms with Gasteiger partial charge >= 0.3 is 5.97 Å². The normalized spacial score (nSPS) is 26.8. The molecule has 1 N–H and O–H groups in total. The third-order valence-corrected chi connectivity index (χ3v) is 4.27. The van der Waals surface area contributed by atoms with E-state index < -0.39 is 5.54 Å². The van der Waals surface area contributed by atoms with Gasteiger partial charge in [0.05, 0.1) is 7.11 Å². The third-order valence-electron chi connectivity index (χ3n) is 4.27. The summed E-state index contributed by atoms with van der Waals surface area (Å²) in [6.45, 7) is 4.19. The number of esters is 1. The molecule has 2 unspecified atom stereocenters. The highest BCUT2D eigenvalue weighted by Gasteiger charge is 2.45. The lowest BCUT2D eigenvalue weighted by atomic mass is 9.73. The van der Waals surface area contributed by atoms with Gasteiger partial charge in [0.2, 0.25) is 0 Å². The lowest BCUT2D eigenvalue weighted by Gasteiger charge is -2.41. The van der Waals surface area contributed by atoms with Gasteiger partial charge in [-0.25, -0.2) is 4.79 Å². The van der Waals surface area contributed by atoms with Gasteiger partial charge in [-0.2, -0.15) is 0 Å².